The van der Waals surface area contributed by atoms with Gasteiger partial charge in [0.25, 0.3) is 0 Å². The van der Waals surface area contributed by atoms with Crippen molar-refractivity contribution in [1.29, 1.82) is 0 Å². The molecule has 0 aliphatic rings. The first-order chi connectivity index (χ1) is 4.74. The van der Waals surface area contributed by atoms with Crippen molar-refractivity contribution in [3.8, 4) is 0 Å². The molecule has 0 aliphatic heterocycles. The normalized spacial score (nSPS) is 10.2. The van der Waals surface area contributed by atoms with Gasteiger partial charge in [-0.3, -0.25) is 4.57 Å². The van der Waals surface area contributed by atoms with Crippen LogP contribution < -0.4 is 5.30 Å². The Labute approximate surface area is 57.9 Å². The Kier molecular flexibility index (Phi) is 2.07. The minimum atomic E-state index is -0.781. The second-order valence-electron chi connectivity index (χ2n) is 1.69. The predicted molar refractivity (Wildman–Crippen MR) is 33.6 cm³/mol. The molecular formula is C6H3F2OP. The van der Waals surface area contributed by atoms with Gasteiger partial charge in [0.2, 0.25) is 0 Å². The molecule has 1 aromatic rings. The molecular weight excluding hydrogens is 157 g/mol. The fourth-order valence-electron chi connectivity index (χ4n) is 0.555. The van der Waals surface area contributed by atoms with Gasteiger partial charge < -0.3 is 0 Å². The maximum Gasteiger partial charge on any atom is 0.195 e. The average molecular weight is 160 g/mol. The van der Waals surface area contributed by atoms with Crippen molar-refractivity contribution >= 4 is 13.8 Å². The van der Waals surface area contributed by atoms with E-state index in [1.165, 1.54) is 0 Å². The summed E-state index contributed by atoms with van der Waals surface area (Å²) in [6.07, 6.45) is 0. The van der Waals surface area contributed by atoms with Gasteiger partial charge in [-0.1, -0.05) is 0 Å². The molecule has 0 amide bonds. The van der Waals surface area contributed by atoms with Gasteiger partial charge in [-0.15, -0.1) is 0 Å². The zero-order valence-electron chi connectivity index (χ0n) is 4.84. The van der Waals surface area contributed by atoms with E-state index in [1.807, 2.05) is 0 Å². The number of benzene rings is 1. The van der Waals surface area contributed by atoms with Crippen molar-refractivity contribution in [3.05, 3.63) is 29.8 Å². The number of rotatable bonds is 1. The van der Waals surface area contributed by atoms with E-state index in [9.17, 15) is 13.3 Å². The Morgan fingerprint density at radius 1 is 1.30 bits per heavy atom. The summed E-state index contributed by atoms with van der Waals surface area (Å²) < 4.78 is 34.6. The van der Waals surface area contributed by atoms with E-state index in [0.717, 1.165) is 12.1 Å². The van der Waals surface area contributed by atoms with E-state index >= 15 is 0 Å². The molecule has 1 rings (SSSR count). The molecule has 4 heteroatoms. The predicted octanol–water partition coefficient (Wildman–Crippen LogP) is 1.88. The van der Waals surface area contributed by atoms with Crippen LogP contribution in [0.15, 0.2) is 18.2 Å². The molecule has 0 aromatic heterocycles. The zero-order chi connectivity index (χ0) is 7.56. The smallest absolute Gasteiger partial charge is 0.195 e. The maximum atomic E-state index is 12.4. The average Bonchev–Trinajstić information content (AvgIpc) is 1.88. The third-order valence-corrected chi connectivity index (χ3v) is 1.57. The fourth-order valence-corrected chi connectivity index (χ4v) is 0.842. The number of halogens is 2. The summed E-state index contributed by atoms with van der Waals surface area (Å²) in [5, 5.41) is -0.0265. The maximum absolute atomic E-state index is 12.4. The van der Waals surface area contributed by atoms with Gasteiger partial charge in [-0.25, -0.2) is 8.78 Å². The van der Waals surface area contributed by atoms with Crippen molar-refractivity contribution < 1.29 is 13.3 Å². The molecule has 52 valence electrons. The first-order valence-corrected chi connectivity index (χ1v) is 3.33. The topological polar surface area (TPSA) is 17.1 Å². The Morgan fingerprint density at radius 2 is 2.00 bits per heavy atom. The SMILES string of the molecule is O=Pc1ccc(F)cc1F. The molecule has 1 nitrogen and oxygen atoms in total. The second-order valence-corrected chi connectivity index (χ2v) is 2.35. The van der Waals surface area contributed by atoms with E-state index in [4.69, 9.17) is 0 Å². The molecule has 0 atom stereocenters. The highest BCUT2D eigenvalue weighted by molar-refractivity contribution is 7.34. The van der Waals surface area contributed by atoms with Crippen LogP contribution in [0.4, 0.5) is 8.78 Å². The first kappa shape index (κ1) is 7.29. The van der Waals surface area contributed by atoms with Gasteiger partial charge in [0.15, 0.2) is 8.46 Å². The zero-order valence-corrected chi connectivity index (χ0v) is 5.74. The molecule has 0 bridgehead atoms. The lowest BCUT2D eigenvalue weighted by Crippen LogP contribution is -1.98. The molecule has 0 aliphatic carbocycles. The molecule has 0 heterocycles. The van der Waals surface area contributed by atoms with Crippen LogP contribution >= 0.6 is 8.46 Å². The standard InChI is InChI=1S/C6H3F2OP/c7-4-1-2-6(10-9)5(8)3-4/h1-3H. The van der Waals surface area contributed by atoms with Crippen molar-refractivity contribution in [1.82, 2.24) is 0 Å². The molecule has 0 unspecified atom stereocenters. The van der Waals surface area contributed by atoms with Crippen LogP contribution in [0, 0.1) is 11.6 Å². The Balaban J connectivity index is 3.19. The van der Waals surface area contributed by atoms with Gasteiger partial charge >= 0.3 is 0 Å². The van der Waals surface area contributed by atoms with Crippen molar-refractivity contribution in [2.75, 3.05) is 0 Å². The van der Waals surface area contributed by atoms with Crippen molar-refractivity contribution in [2.45, 2.75) is 0 Å². The minimum Gasteiger partial charge on any atom is -0.269 e. The summed E-state index contributed by atoms with van der Waals surface area (Å²) >= 11 is 0. The van der Waals surface area contributed by atoms with Gasteiger partial charge in [0.1, 0.15) is 11.6 Å². The van der Waals surface area contributed by atoms with Crippen LogP contribution in [0.5, 0.6) is 0 Å². The van der Waals surface area contributed by atoms with E-state index in [1.54, 1.807) is 0 Å². The Hall–Kier alpha value is -0.820. The van der Waals surface area contributed by atoms with Crippen LogP contribution in [0.3, 0.4) is 0 Å². The van der Waals surface area contributed by atoms with Crippen LogP contribution in [-0.2, 0) is 4.57 Å². The third kappa shape index (κ3) is 1.36. The number of hydrogen-bond donors (Lipinski definition) is 0. The lowest BCUT2D eigenvalue weighted by molar-refractivity contribution is 0.584. The summed E-state index contributed by atoms with van der Waals surface area (Å²) in [6.45, 7) is 0. The minimum absolute atomic E-state index is 0.0265. The summed E-state index contributed by atoms with van der Waals surface area (Å²) in [7, 11) is -0.427. The van der Waals surface area contributed by atoms with Gasteiger partial charge in [0, 0.05) is 6.07 Å². The molecule has 0 fully saturated rings. The summed E-state index contributed by atoms with van der Waals surface area (Å²) in [5.74, 6) is -1.44. The van der Waals surface area contributed by atoms with E-state index < -0.39 is 20.1 Å². The monoisotopic (exact) mass is 160 g/mol. The highest BCUT2D eigenvalue weighted by atomic mass is 31.1. The third-order valence-electron chi connectivity index (χ3n) is 1.01. The lowest BCUT2D eigenvalue weighted by atomic mass is 10.3. The van der Waals surface area contributed by atoms with E-state index in [0.29, 0.717) is 6.07 Å². The summed E-state index contributed by atoms with van der Waals surface area (Å²) in [5.41, 5.74) is 0. The van der Waals surface area contributed by atoms with Crippen LogP contribution in [0.2, 0.25) is 0 Å². The van der Waals surface area contributed by atoms with Crippen LogP contribution in [-0.4, -0.2) is 0 Å². The molecule has 1 aromatic carbocycles. The van der Waals surface area contributed by atoms with Crippen LogP contribution in [0.25, 0.3) is 0 Å². The van der Waals surface area contributed by atoms with E-state index in [-0.39, 0.29) is 5.30 Å². The molecule has 0 N–H and O–H groups in total. The number of hydrogen-bond acceptors (Lipinski definition) is 1. The highest BCUT2D eigenvalue weighted by Gasteiger charge is 2.01. The van der Waals surface area contributed by atoms with Crippen molar-refractivity contribution in [2.24, 2.45) is 0 Å². The Morgan fingerprint density at radius 3 is 2.50 bits per heavy atom. The Bertz CT molecular complexity index is 262. The largest absolute Gasteiger partial charge is 0.269 e. The van der Waals surface area contributed by atoms with Crippen LogP contribution in [0.1, 0.15) is 0 Å². The first-order valence-electron chi connectivity index (χ1n) is 2.52. The van der Waals surface area contributed by atoms with Crippen molar-refractivity contribution in [3.63, 3.8) is 0 Å². The molecule has 0 saturated carbocycles. The van der Waals surface area contributed by atoms with Gasteiger partial charge in [0.05, 0.1) is 5.30 Å². The molecule has 10 heavy (non-hydrogen) atoms. The van der Waals surface area contributed by atoms with Gasteiger partial charge in [-0.2, -0.15) is 0 Å². The molecule has 0 radical (unpaired) electrons. The molecule has 0 spiro atoms. The summed E-state index contributed by atoms with van der Waals surface area (Å²) in [4.78, 5) is 0. The summed E-state index contributed by atoms with van der Waals surface area (Å²) in [6, 6.07) is 2.89. The highest BCUT2D eigenvalue weighted by Crippen LogP contribution is 2.04. The second kappa shape index (κ2) is 2.84. The van der Waals surface area contributed by atoms with E-state index in [2.05, 4.69) is 0 Å². The van der Waals surface area contributed by atoms with Gasteiger partial charge in [-0.05, 0) is 12.1 Å². The lowest BCUT2D eigenvalue weighted by Gasteiger charge is -1.90. The fraction of sp³-hybridized carbons (Fsp3) is 0. The molecule has 0 saturated heterocycles. The quantitative estimate of drug-likeness (QED) is 0.573.